The van der Waals surface area contributed by atoms with E-state index in [1.54, 1.807) is 0 Å². The van der Waals surface area contributed by atoms with Crippen molar-refractivity contribution in [1.82, 2.24) is 10.2 Å². The number of hydrogen-bond acceptors (Lipinski definition) is 4. The molecule has 3 aliphatic rings. The topological polar surface area (TPSA) is 82.0 Å². The SMILES string of the molecule is O=C(CN1C(=O)C(c2ccc(C(F)(F)F)cc2)=NC12CCCC2)NCC1(O)CCCCC1. The predicted octanol–water partition coefficient (Wildman–Crippen LogP) is 3.42. The van der Waals surface area contributed by atoms with Gasteiger partial charge in [0.15, 0.2) is 0 Å². The van der Waals surface area contributed by atoms with Gasteiger partial charge in [-0.15, -0.1) is 0 Å². The minimum Gasteiger partial charge on any atom is -0.388 e. The van der Waals surface area contributed by atoms with Crippen LogP contribution in [0.2, 0.25) is 0 Å². The summed E-state index contributed by atoms with van der Waals surface area (Å²) in [4.78, 5) is 32.0. The molecule has 0 saturated heterocycles. The number of rotatable bonds is 5. The molecule has 2 saturated carbocycles. The molecule has 2 N–H and O–H groups in total. The third-order valence-corrected chi connectivity index (χ3v) is 6.86. The number of alkyl halides is 3. The summed E-state index contributed by atoms with van der Waals surface area (Å²) in [6.45, 7) is -0.0456. The minimum atomic E-state index is -4.46. The number of nitrogens with zero attached hydrogens (tertiary/aromatic N) is 2. The predicted molar refractivity (Wildman–Crippen MR) is 112 cm³/mol. The molecule has 32 heavy (non-hydrogen) atoms. The van der Waals surface area contributed by atoms with Crippen molar-refractivity contribution in [3.8, 4) is 0 Å². The fourth-order valence-electron chi connectivity index (χ4n) is 5.03. The Kier molecular flexibility index (Phi) is 6.04. The van der Waals surface area contributed by atoms with Gasteiger partial charge in [0.1, 0.15) is 17.9 Å². The van der Waals surface area contributed by atoms with E-state index >= 15 is 0 Å². The third kappa shape index (κ3) is 4.53. The maximum absolute atomic E-state index is 13.2. The highest BCUT2D eigenvalue weighted by atomic mass is 19.4. The van der Waals surface area contributed by atoms with Crippen LogP contribution in [0.25, 0.3) is 0 Å². The summed E-state index contributed by atoms with van der Waals surface area (Å²) in [5.41, 5.74) is -2.11. The van der Waals surface area contributed by atoms with E-state index in [9.17, 15) is 27.9 Å². The molecule has 0 bridgehead atoms. The first kappa shape index (κ1) is 22.8. The highest BCUT2D eigenvalue weighted by Crippen LogP contribution is 2.41. The van der Waals surface area contributed by atoms with Gasteiger partial charge in [0.05, 0.1) is 11.2 Å². The summed E-state index contributed by atoms with van der Waals surface area (Å²) in [5, 5.41) is 13.4. The number of nitrogens with one attached hydrogen (secondary N) is 1. The highest BCUT2D eigenvalue weighted by molar-refractivity contribution is 6.47. The molecule has 2 fully saturated rings. The van der Waals surface area contributed by atoms with E-state index in [4.69, 9.17) is 0 Å². The smallest absolute Gasteiger partial charge is 0.388 e. The Morgan fingerprint density at radius 2 is 1.62 bits per heavy atom. The van der Waals surface area contributed by atoms with Crippen molar-refractivity contribution in [1.29, 1.82) is 0 Å². The molecular formula is C23H28F3N3O3. The van der Waals surface area contributed by atoms with E-state index in [1.807, 2.05) is 0 Å². The number of carbonyl (C=O) groups excluding carboxylic acids is 2. The molecule has 1 heterocycles. The van der Waals surface area contributed by atoms with Crippen LogP contribution in [0.5, 0.6) is 0 Å². The van der Waals surface area contributed by atoms with Gasteiger partial charge in [0.2, 0.25) is 5.91 Å². The fraction of sp³-hybridized carbons (Fsp3) is 0.609. The zero-order chi connectivity index (χ0) is 23.0. The zero-order valence-corrected chi connectivity index (χ0v) is 17.9. The first-order valence-corrected chi connectivity index (χ1v) is 11.2. The molecule has 6 nitrogen and oxygen atoms in total. The lowest BCUT2D eigenvalue weighted by Crippen LogP contribution is -2.52. The van der Waals surface area contributed by atoms with Crippen molar-refractivity contribution in [2.75, 3.05) is 13.1 Å². The fourth-order valence-corrected chi connectivity index (χ4v) is 5.03. The lowest BCUT2D eigenvalue weighted by Gasteiger charge is -2.34. The van der Waals surface area contributed by atoms with Crippen molar-refractivity contribution in [2.24, 2.45) is 4.99 Å². The van der Waals surface area contributed by atoms with Gasteiger partial charge in [-0.2, -0.15) is 13.2 Å². The normalized spacial score (nSPS) is 22.3. The first-order valence-electron chi connectivity index (χ1n) is 11.2. The second-order valence-corrected chi connectivity index (χ2v) is 9.18. The van der Waals surface area contributed by atoms with Crippen LogP contribution < -0.4 is 5.32 Å². The molecule has 0 atom stereocenters. The number of hydrogen-bond donors (Lipinski definition) is 2. The summed E-state index contributed by atoms with van der Waals surface area (Å²) in [5.74, 6) is -0.814. The van der Waals surface area contributed by atoms with Crippen LogP contribution in [0, 0.1) is 0 Å². The van der Waals surface area contributed by atoms with Gasteiger partial charge in [-0.25, -0.2) is 0 Å². The maximum Gasteiger partial charge on any atom is 0.416 e. The number of aliphatic hydroxyl groups is 1. The Morgan fingerprint density at radius 3 is 2.22 bits per heavy atom. The van der Waals surface area contributed by atoms with Gasteiger partial charge in [-0.05, 0) is 50.7 Å². The van der Waals surface area contributed by atoms with Crippen molar-refractivity contribution in [3.63, 3.8) is 0 Å². The van der Waals surface area contributed by atoms with Crippen LogP contribution in [0.1, 0.15) is 68.9 Å². The number of benzene rings is 1. The minimum absolute atomic E-state index is 0.0966. The number of halogens is 3. The van der Waals surface area contributed by atoms with E-state index < -0.39 is 28.9 Å². The summed E-state index contributed by atoms with van der Waals surface area (Å²) in [7, 11) is 0. The summed E-state index contributed by atoms with van der Waals surface area (Å²) < 4.78 is 38.7. The molecule has 0 radical (unpaired) electrons. The van der Waals surface area contributed by atoms with Crippen LogP contribution in [-0.4, -0.2) is 51.9 Å². The Hall–Kier alpha value is -2.42. The second kappa shape index (κ2) is 8.50. The molecule has 4 rings (SSSR count). The number of aliphatic imine (C=N–C) groups is 1. The summed E-state index contributed by atoms with van der Waals surface area (Å²) in [6, 6.07) is 4.38. The van der Waals surface area contributed by atoms with Gasteiger partial charge in [0.25, 0.3) is 5.91 Å². The molecule has 1 spiro atoms. The Morgan fingerprint density at radius 1 is 1.03 bits per heavy atom. The lowest BCUT2D eigenvalue weighted by molar-refractivity contribution is -0.137. The quantitative estimate of drug-likeness (QED) is 0.720. The molecule has 2 amide bonds. The van der Waals surface area contributed by atoms with Crippen molar-refractivity contribution in [3.05, 3.63) is 35.4 Å². The van der Waals surface area contributed by atoms with E-state index in [1.165, 1.54) is 17.0 Å². The Balaban J connectivity index is 1.48. The molecule has 9 heteroatoms. The lowest BCUT2D eigenvalue weighted by atomic mass is 9.85. The molecule has 174 valence electrons. The van der Waals surface area contributed by atoms with Crippen LogP contribution in [0.4, 0.5) is 13.2 Å². The Labute approximate surface area is 184 Å². The van der Waals surface area contributed by atoms with E-state index in [0.717, 1.165) is 44.2 Å². The molecule has 1 aromatic rings. The summed E-state index contributed by atoms with van der Waals surface area (Å²) in [6.07, 6.45) is 2.67. The van der Waals surface area contributed by atoms with Gasteiger partial charge in [-0.3, -0.25) is 14.6 Å². The molecule has 0 aromatic heterocycles. The van der Waals surface area contributed by atoms with Crippen molar-refractivity contribution in [2.45, 2.75) is 75.2 Å². The van der Waals surface area contributed by atoms with Crippen molar-refractivity contribution >= 4 is 17.5 Å². The maximum atomic E-state index is 13.2. The standard InChI is InChI=1S/C23H28F3N3O3/c24-23(25,26)17-8-6-16(7-9-17)19-20(31)29(22(28-19)12-4-5-13-22)14-18(30)27-15-21(32)10-2-1-3-11-21/h6-9,32H,1-5,10-15H2,(H,27,30). The average Bonchev–Trinajstić information content (AvgIpc) is 3.33. The molecule has 2 aliphatic carbocycles. The monoisotopic (exact) mass is 451 g/mol. The van der Waals surface area contributed by atoms with Crippen LogP contribution in [0.15, 0.2) is 29.3 Å². The van der Waals surface area contributed by atoms with Crippen LogP contribution in [0.3, 0.4) is 0 Å². The van der Waals surface area contributed by atoms with E-state index in [2.05, 4.69) is 10.3 Å². The molecule has 0 unspecified atom stereocenters. The highest BCUT2D eigenvalue weighted by Gasteiger charge is 2.49. The van der Waals surface area contributed by atoms with Crippen LogP contribution in [-0.2, 0) is 15.8 Å². The second-order valence-electron chi connectivity index (χ2n) is 9.18. The summed E-state index contributed by atoms with van der Waals surface area (Å²) >= 11 is 0. The molecule has 1 aliphatic heterocycles. The van der Waals surface area contributed by atoms with Crippen LogP contribution >= 0.6 is 0 Å². The first-order chi connectivity index (χ1) is 15.1. The van der Waals surface area contributed by atoms with Gasteiger partial charge in [-0.1, -0.05) is 31.4 Å². The Bertz CT molecular complexity index is 899. The third-order valence-electron chi connectivity index (χ3n) is 6.86. The number of amides is 2. The van der Waals surface area contributed by atoms with Gasteiger partial charge < -0.3 is 15.3 Å². The molecule has 1 aromatic carbocycles. The largest absolute Gasteiger partial charge is 0.416 e. The molecular weight excluding hydrogens is 423 g/mol. The van der Waals surface area contributed by atoms with E-state index in [-0.39, 0.29) is 24.7 Å². The van der Waals surface area contributed by atoms with Gasteiger partial charge in [0, 0.05) is 12.1 Å². The van der Waals surface area contributed by atoms with Crippen molar-refractivity contribution < 1.29 is 27.9 Å². The van der Waals surface area contributed by atoms with Gasteiger partial charge >= 0.3 is 6.18 Å². The zero-order valence-electron chi connectivity index (χ0n) is 17.9. The van der Waals surface area contributed by atoms with E-state index in [0.29, 0.717) is 31.2 Å². The number of carbonyl (C=O) groups is 2. The average molecular weight is 451 g/mol.